The first-order valence-corrected chi connectivity index (χ1v) is 13.9. The highest BCUT2D eigenvalue weighted by molar-refractivity contribution is 5.93. The van der Waals surface area contributed by atoms with Gasteiger partial charge in [-0.25, -0.2) is 9.59 Å². The average Bonchev–Trinajstić information content (AvgIpc) is 3.53. The predicted molar refractivity (Wildman–Crippen MR) is 151 cm³/mol. The van der Waals surface area contributed by atoms with E-state index in [4.69, 9.17) is 9.15 Å². The zero-order valence-corrected chi connectivity index (χ0v) is 22.6. The predicted octanol–water partition coefficient (Wildman–Crippen LogP) is 4.41. The Kier molecular flexibility index (Phi) is 7.02. The highest BCUT2D eigenvalue weighted by Crippen LogP contribution is 2.49. The van der Waals surface area contributed by atoms with Crippen molar-refractivity contribution >= 4 is 23.0 Å². The Morgan fingerprint density at radius 3 is 2.50 bits per heavy atom. The normalized spacial score (nSPS) is 17.0. The van der Waals surface area contributed by atoms with Crippen molar-refractivity contribution in [3.8, 4) is 0 Å². The molecule has 1 aliphatic carbocycles. The second-order valence-electron chi connectivity index (χ2n) is 10.9. The van der Waals surface area contributed by atoms with Crippen molar-refractivity contribution in [1.82, 2.24) is 14.8 Å². The number of nitrogens with zero attached hydrogens (tertiary/aromatic N) is 2. The van der Waals surface area contributed by atoms with Crippen LogP contribution < -0.4 is 11.1 Å². The van der Waals surface area contributed by atoms with Gasteiger partial charge in [-0.05, 0) is 79.7 Å². The number of ether oxygens (including phenoxy) is 1. The van der Waals surface area contributed by atoms with Gasteiger partial charge in [-0.1, -0.05) is 48.5 Å². The van der Waals surface area contributed by atoms with Gasteiger partial charge >= 0.3 is 11.7 Å². The van der Waals surface area contributed by atoms with E-state index in [1.165, 1.54) is 20.0 Å². The van der Waals surface area contributed by atoms with Crippen LogP contribution in [-0.4, -0.2) is 48.1 Å². The zero-order chi connectivity index (χ0) is 27.7. The number of carbonyl (C=O) groups excluding carboxylic acids is 2. The number of methoxy groups -OCH3 is 1. The van der Waals surface area contributed by atoms with Gasteiger partial charge in [-0.2, -0.15) is 0 Å². The second kappa shape index (κ2) is 10.8. The molecule has 0 spiro atoms. The van der Waals surface area contributed by atoms with Gasteiger partial charge in [0.1, 0.15) is 0 Å². The summed E-state index contributed by atoms with van der Waals surface area (Å²) in [6, 6.07) is 22.7. The molecule has 0 radical (unpaired) electrons. The van der Waals surface area contributed by atoms with E-state index in [1.807, 2.05) is 36.4 Å². The van der Waals surface area contributed by atoms with E-state index in [2.05, 4.69) is 22.3 Å². The van der Waals surface area contributed by atoms with Gasteiger partial charge in [-0.15, -0.1) is 0 Å². The van der Waals surface area contributed by atoms with Crippen LogP contribution in [0.4, 0.5) is 0 Å². The molecule has 206 valence electrons. The van der Waals surface area contributed by atoms with Gasteiger partial charge in [0.15, 0.2) is 5.58 Å². The third-order valence-corrected chi connectivity index (χ3v) is 8.24. The van der Waals surface area contributed by atoms with Gasteiger partial charge in [0.25, 0.3) is 0 Å². The lowest BCUT2D eigenvalue weighted by Crippen LogP contribution is -2.41. The largest absolute Gasteiger partial charge is 0.465 e. The molecule has 2 heterocycles. The number of aromatic nitrogens is 1. The fourth-order valence-electron chi connectivity index (χ4n) is 5.82. The number of benzene rings is 3. The Balaban J connectivity index is 1.28. The maximum absolute atomic E-state index is 13.9. The number of carbonyl (C=O) groups is 2. The average molecular weight is 540 g/mol. The SMILES string of the molecule is COC(=O)c1cccc(Cn2c(=O)oc3ccc(C4(C(=O)N[C@H](CN5CCCC5)c5ccccc5)CC4)cc32)c1. The Bertz CT molecular complexity index is 1600. The van der Waals surface area contributed by atoms with E-state index in [9.17, 15) is 14.4 Å². The first-order chi connectivity index (χ1) is 19.5. The van der Waals surface area contributed by atoms with Gasteiger partial charge in [0, 0.05) is 6.54 Å². The van der Waals surface area contributed by atoms with Crippen molar-refractivity contribution in [1.29, 1.82) is 0 Å². The molecule has 8 nitrogen and oxygen atoms in total. The maximum atomic E-state index is 13.9. The Labute approximate surface area is 232 Å². The lowest BCUT2D eigenvalue weighted by atomic mass is 9.93. The molecule has 2 fully saturated rings. The van der Waals surface area contributed by atoms with E-state index >= 15 is 0 Å². The van der Waals surface area contributed by atoms with Gasteiger partial charge < -0.3 is 19.4 Å². The first-order valence-electron chi connectivity index (χ1n) is 13.9. The first kappa shape index (κ1) is 26.1. The van der Waals surface area contributed by atoms with Crippen LogP contribution in [0.15, 0.2) is 82.0 Å². The van der Waals surface area contributed by atoms with Crippen LogP contribution in [0.5, 0.6) is 0 Å². The fourth-order valence-corrected chi connectivity index (χ4v) is 5.82. The number of hydrogen-bond donors (Lipinski definition) is 1. The summed E-state index contributed by atoms with van der Waals surface area (Å²) in [5.74, 6) is -0.906. The molecular weight excluding hydrogens is 506 g/mol. The molecule has 40 heavy (non-hydrogen) atoms. The standard InChI is InChI=1S/C32H33N3O5/c1-39-29(36)24-11-7-8-22(18-24)20-35-27-19-25(12-13-28(27)40-31(35)38)32(14-15-32)30(37)33-26(21-34-16-5-6-17-34)23-9-3-2-4-10-23/h2-4,7-13,18-19,26H,5-6,14-17,20-21H2,1H3,(H,33,37)/t26-/m1/s1. The minimum absolute atomic E-state index is 0.0167. The molecule has 1 amide bonds. The van der Waals surface area contributed by atoms with Crippen molar-refractivity contribution < 1.29 is 18.7 Å². The molecule has 1 aliphatic heterocycles. The van der Waals surface area contributed by atoms with Gasteiger partial charge in [-0.3, -0.25) is 9.36 Å². The molecule has 2 aliphatic rings. The summed E-state index contributed by atoms with van der Waals surface area (Å²) >= 11 is 0. The molecule has 8 heteroatoms. The molecule has 1 N–H and O–H groups in total. The highest BCUT2D eigenvalue weighted by Gasteiger charge is 2.52. The quantitative estimate of drug-likeness (QED) is 0.317. The van der Waals surface area contributed by atoms with Crippen LogP contribution in [0.3, 0.4) is 0 Å². The van der Waals surface area contributed by atoms with E-state index < -0.39 is 17.1 Å². The molecule has 0 unspecified atom stereocenters. The molecule has 3 aromatic carbocycles. The van der Waals surface area contributed by atoms with E-state index in [0.717, 1.165) is 49.2 Å². The van der Waals surface area contributed by atoms with Crippen molar-refractivity contribution in [3.63, 3.8) is 0 Å². The van der Waals surface area contributed by atoms with Gasteiger partial charge in [0.2, 0.25) is 5.91 Å². The number of amides is 1. The minimum Gasteiger partial charge on any atom is -0.465 e. The van der Waals surface area contributed by atoms with Crippen molar-refractivity contribution in [3.05, 3.63) is 106 Å². The smallest absolute Gasteiger partial charge is 0.420 e. The summed E-state index contributed by atoms with van der Waals surface area (Å²) in [4.78, 5) is 41.1. The number of likely N-dealkylation sites (tertiary alicyclic amines) is 1. The third kappa shape index (κ3) is 5.07. The topological polar surface area (TPSA) is 93.8 Å². The summed E-state index contributed by atoms with van der Waals surface area (Å²) in [7, 11) is 1.34. The summed E-state index contributed by atoms with van der Waals surface area (Å²) < 4.78 is 11.9. The maximum Gasteiger partial charge on any atom is 0.420 e. The van der Waals surface area contributed by atoms with E-state index in [1.54, 1.807) is 28.8 Å². The van der Waals surface area contributed by atoms with E-state index in [-0.39, 0.29) is 18.5 Å². The summed E-state index contributed by atoms with van der Waals surface area (Å²) in [5.41, 5.74) is 3.62. The molecule has 1 aromatic heterocycles. The van der Waals surface area contributed by atoms with Crippen molar-refractivity contribution in [2.24, 2.45) is 0 Å². The van der Waals surface area contributed by atoms with Gasteiger partial charge in [0.05, 0.1) is 36.2 Å². The number of esters is 1. The molecular formula is C32H33N3O5. The molecule has 1 saturated carbocycles. The Hall–Kier alpha value is -4.17. The summed E-state index contributed by atoms with van der Waals surface area (Å²) in [6.07, 6.45) is 3.88. The van der Waals surface area contributed by atoms with Crippen LogP contribution in [0, 0.1) is 0 Å². The van der Waals surface area contributed by atoms with E-state index in [0.29, 0.717) is 16.7 Å². The van der Waals surface area contributed by atoms with Crippen LogP contribution in [-0.2, 0) is 21.5 Å². The minimum atomic E-state index is -0.630. The van der Waals surface area contributed by atoms with Crippen molar-refractivity contribution in [2.45, 2.75) is 43.7 Å². The fraction of sp³-hybridized carbons (Fsp3) is 0.344. The number of nitrogens with one attached hydrogen (secondary N) is 1. The van der Waals surface area contributed by atoms with Crippen LogP contribution in [0.2, 0.25) is 0 Å². The molecule has 1 saturated heterocycles. The molecule has 1 atom stereocenters. The Morgan fingerprint density at radius 1 is 1.00 bits per heavy atom. The Morgan fingerprint density at radius 2 is 1.77 bits per heavy atom. The van der Waals surface area contributed by atoms with Crippen molar-refractivity contribution in [2.75, 3.05) is 26.7 Å². The highest BCUT2D eigenvalue weighted by atomic mass is 16.5. The zero-order valence-electron chi connectivity index (χ0n) is 22.6. The van der Waals surface area contributed by atoms with Crippen LogP contribution >= 0.6 is 0 Å². The number of oxazole rings is 1. The summed E-state index contributed by atoms with van der Waals surface area (Å²) in [6.45, 7) is 3.13. The van der Waals surface area contributed by atoms with Crippen LogP contribution in [0.25, 0.3) is 11.1 Å². The molecule has 4 aromatic rings. The second-order valence-corrected chi connectivity index (χ2v) is 10.9. The number of rotatable bonds is 9. The van der Waals surface area contributed by atoms with Crippen LogP contribution in [0.1, 0.15) is 58.8 Å². The molecule has 6 rings (SSSR count). The molecule has 0 bridgehead atoms. The third-order valence-electron chi connectivity index (χ3n) is 8.24. The summed E-state index contributed by atoms with van der Waals surface area (Å²) in [5, 5.41) is 3.38. The monoisotopic (exact) mass is 539 g/mol. The number of fused-ring (bicyclic) bond motifs is 1. The number of hydrogen-bond acceptors (Lipinski definition) is 6. The lowest BCUT2D eigenvalue weighted by Gasteiger charge is -2.27. The lowest BCUT2D eigenvalue weighted by molar-refractivity contribution is -0.124.